The number of thioether (sulfide) groups is 1. The van der Waals surface area contributed by atoms with Crippen LogP contribution in [-0.2, 0) is 9.59 Å². The van der Waals surface area contributed by atoms with Crippen molar-refractivity contribution in [3.63, 3.8) is 0 Å². The number of rotatable bonds is 15. The number of aromatic nitrogens is 1. The number of nitrogens with one attached hydrogen (secondary N) is 3. The largest absolute Gasteiger partial charge is 0.497 e. The Bertz CT molecular complexity index is 2020. The number of anilines is 2. The van der Waals surface area contributed by atoms with E-state index < -0.39 is 17.1 Å². The van der Waals surface area contributed by atoms with Crippen LogP contribution >= 0.6 is 23.1 Å². The quantitative estimate of drug-likeness (QED) is 0.0727. The molecule has 5 rings (SSSR count). The predicted molar refractivity (Wildman–Crippen MR) is 206 cm³/mol. The summed E-state index contributed by atoms with van der Waals surface area (Å²) in [5.41, 5.74) is 3.02. The Morgan fingerprint density at radius 1 is 0.827 bits per heavy atom. The Hall–Kier alpha value is -5.79. The highest BCUT2D eigenvalue weighted by Crippen LogP contribution is 2.39. The van der Waals surface area contributed by atoms with E-state index in [4.69, 9.17) is 18.9 Å². The summed E-state index contributed by atoms with van der Waals surface area (Å²) in [6, 6.07) is 26.6. The van der Waals surface area contributed by atoms with Crippen LogP contribution in [0.15, 0.2) is 107 Å². The number of hydrogen-bond donors (Lipinski definition) is 3. The van der Waals surface area contributed by atoms with Gasteiger partial charge >= 0.3 is 0 Å². The average molecular weight is 739 g/mol. The van der Waals surface area contributed by atoms with E-state index in [1.807, 2.05) is 42.6 Å². The van der Waals surface area contributed by atoms with Gasteiger partial charge in [-0.2, -0.15) is 0 Å². The minimum absolute atomic E-state index is 0.0237. The standard InChI is InChI=1S/C39H38N4O7S2/c1-6-34(38(46)43-39-42-31(23-51-39)25-15-17-28(47-2)18-16-25)52-29-14-10-13-27(22-29)40-37(45)30(41-36(44)26-11-8-7-9-12-26)19-24-20-32(48-3)35(50-5)33(21-24)49-4/h7-23,34H,6H2,1-5H3,(H,40,45)(H,41,44)(H,42,43,46)/b30-19+. The van der Waals surface area contributed by atoms with Crippen LogP contribution in [0, 0.1) is 0 Å². The zero-order chi connectivity index (χ0) is 37.0. The van der Waals surface area contributed by atoms with E-state index >= 15 is 0 Å². The van der Waals surface area contributed by atoms with E-state index in [-0.39, 0.29) is 11.6 Å². The Balaban J connectivity index is 1.32. The van der Waals surface area contributed by atoms with Crippen LogP contribution in [0.3, 0.4) is 0 Å². The molecule has 0 fully saturated rings. The number of methoxy groups -OCH3 is 4. The molecule has 52 heavy (non-hydrogen) atoms. The number of ether oxygens (including phenoxy) is 4. The van der Waals surface area contributed by atoms with Crippen LogP contribution in [0.1, 0.15) is 29.3 Å². The van der Waals surface area contributed by atoms with Gasteiger partial charge in [-0.1, -0.05) is 31.2 Å². The summed E-state index contributed by atoms with van der Waals surface area (Å²) in [6.45, 7) is 1.93. The minimum Gasteiger partial charge on any atom is -0.497 e. The summed E-state index contributed by atoms with van der Waals surface area (Å²) in [6.07, 6.45) is 2.08. The van der Waals surface area contributed by atoms with Crippen molar-refractivity contribution < 1.29 is 33.3 Å². The van der Waals surface area contributed by atoms with Gasteiger partial charge in [-0.15, -0.1) is 23.1 Å². The molecule has 5 aromatic rings. The Labute approximate surface area is 310 Å². The number of thiazole rings is 1. The first-order valence-corrected chi connectivity index (χ1v) is 17.9. The molecule has 0 bridgehead atoms. The van der Waals surface area contributed by atoms with E-state index in [9.17, 15) is 14.4 Å². The van der Waals surface area contributed by atoms with Crippen LogP contribution in [0.4, 0.5) is 10.8 Å². The summed E-state index contributed by atoms with van der Waals surface area (Å²) in [5, 5.41) is 10.5. The fourth-order valence-electron chi connectivity index (χ4n) is 5.04. The Morgan fingerprint density at radius 2 is 1.54 bits per heavy atom. The van der Waals surface area contributed by atoms with E-state index in [1.54, 1.807) is 67.8 Å². The molecule has 1 unspecified atom stereocenters. The van der Waals surface area contributed by atoms with Crippen LogP contribution in [-0.4, -0.2) is 56.4 Å². The highest BCUT2D eigenvalue weighted by atomic mass is 32.2. The van der Waals surface area contributed by atoms with Gasteiger partial charge in [0, 0.05) is 27.1 Å². The van der Waals surface area contributed by atoms with E-state index in [0.29, 0.717) is 45.6 Å². The summed E-state index contributed by atoms with van der Waals surface area (Å²) in [7, 11) is 6.10. The van der Waals surface area contributed by atoms with Gasteiger partial charge in [0.1, 0.15) is 11.4 Å². The van der Waals surface area contributed by atoms with Gasteiger partial charge in [0.05, 0.1) is 39.4 Å². The van der Waals surface area contributed by atoms with Gasteiger partial charge in [-0.25, -0.2) is 4.98 Å². The predicted octanol–water partition coefficient (Wildman–Crippen LogP) is 7.76. The van der Waals surface area contributed by atoms with Gasteiger partial charge in [-0.05, 0) is 84.8 Å². The molecule has 268 valence electrons. The first-order valence-electron chi connectivity index (χ1n) is 16.1. The molecular formula is C39H38N4O7S2. The maximum absolute atomic E-state index is 13.8. The van der Waals surface area contributed by atoms with Crippen molar-refractivity contribution in [2.75, 3.05) is 39.1 Å². The van der Waals surface area contributed by atoms with Gasteiger partial charge in [-0.3, -0.25) is 14.4 Å². The number of nitrogens with zero attached hydrogens (tertiary/aromatic N) is 1. The van der Waals surface area contributed by atoms with Crippen molar-refractivity contribution in [3.05, 3.63) is 113 Å². The summed E-state index contributed by atoms with van der Waals surface area (Å²) in [5.74, 6) is 0.689. The normalized spacial score (nSPS) is 11.6. The second-order valence-electron chi connectivity index (χ2n) is 11.1. The molecule has 0 aliphatic rings. The highest BCUT2D eigenvalue weighted by molar-refractivity contribution is 8.00. The summed E-state index contributed by atoms with van der Waals surface area (Å²) >= 11 is 2.72. The highest BCUT2D eigenvalue weighted by Gasteiger charge is 2.21. The lowest BCUT2D eigenvalue weighted by Crippen LogP contribution is -2.30. The molecule has 4 aromatic carbocycles. The lowest BCUT2D eigenvalue weighted by Gasteiger charge is -2.16. The van der Waals surface area contributed by atoms with Gasteiger partial charge in [0.25, 0.3) is 11.8 Å². The third kappa shape index (κ3) is 9.50. The molecule has 0 radical (unpaired) electrons. The molecule has 1 aromatic heterocycles. The fourth-order valence-corrected chi connectivity index (χ4v) is 6.77. The molecule has 0 spiro atoms. The lowest BCUT2D eigenvalue weighted by molar-refractivity contribution is -0.116. The van der Waals surface area contributed by atoms with Gasteiger partial charge in [0.15, 0.2) is 16.6 Å². The maximum Gasteiger partial charge on any atom is 0.272 e. The minimum atomic E-state index is -0.568. The molecule has 11 nitrogen and oxygen atoms in total. The molecular weight excluding hydrogens is 701 g/mol. The van der Waals surface area contributed by atoms with Crippen LogP contribution in [0.2, 0.25) is 0 Å². The third-order valence-corrected chi connectivity index (χ3v) is 9.80. The van der Waals surface area contributed by atoms with Crippen molar-refractivity contribution in [2.45, 2.75) is 23.5 Å². The second kappa shape index (κ2) is 17.9. The number of benzene rings is 4. The lowest BCUT2D eigenvalue weighted by atomic mass is 10.1. The van der Waals surface area contributed by atoms with E-state index in [0.717, 1.165) is 21.9 Å². The Kier molecular flexibility index (Phi) is 12.9. The molecule has 13 heteroatoms. The van der Waals surface area contributed by atoms with E-state index in [1.165, 1.54) is 50.5 Å². The number of amides is 3. The first kappa shape index (κ1) is 37.5. The average Bonchev–Trinajstić information content (AvgIpc) is 3.64. The van der Waals surface area contributed by atoms with Crippen molar-refractivity contribution in [2.24, 2.45) is 0 Å². The summed E-state index contributed by atoms with van der Waals surface area (Å²) in [4.78, 5) is 45.7. The first-order chi connectivity index (χ1) is 25.2. The fraction of sp³-hybridized carbons (Fsp3) is 0.179. The number of hydrogen-bond acceptors (Lipinski definition) is 10. The summed E-state index contributed by atoms with van der Waals surface area (Å²) < 4.78 is 21.6. The Morgan fingerprint density at radius 3 is 2.17 bits per heavy atom. The second-order valence-corrected chi connectivity index (χ2v) is 13.2. The molecule has 0 aliphatic heterocycles. The maximum atomic E-state index is 13.8. The third-order valence-electron chi connectivity index (χ3n) is 7.68. The molecule has 0 saturated heterocycles. The van der Waals surface area contributed by atoms with Crippen molar-refractivity contribution in [1.82, 2.24) is 10.3 Å². The van der Waals surface area contributed by atoms with Crippen molar-refractivity contribution in [3.8, 4) is 34.3 Å². The van der Waals surface area contributed by atoms with Crippen LogP contribution < -0.4 is 34.9 Å². The van der Waals surface area contributed by atoms with Crippen molar-refractivity contribution >= 4 is 57.7 Å². The molecule has 3 amide bonds. The van der Waals surface area contributed by atoms with Crippen molar-refractivity contribution in [1.29, 1.82) is 0 Å². The van der Waals surface area contributed by atoms with Crippen LogP contribution in [0.25, 0.3) is 17.3 Å². The van der Waals surface area contributed by atoms with Gasteiger partial charge in [0.2, 0.25) is 11.7 Å². The number of carbonyl (C=O) groups excluding carboxylic acids is 3. The van der Waals surface area contributed by atoms with Gasteiger partial charge < -0.3 is 34.9 Å². The molecule has 1 atom stereocenters. The molecule has 1 heterocycles. The van der Waals surface area contributed by atoms with Crippen LogP contribution in [0.5, 0.6) is 23.0 Å². The topological polar surface area (TPSA) is 137 Å². The smallest absolute Gasteiger partial charge is 0.272 e. The zero-order valence-corrected chi connectivity index (χ0v) is 30.9. The monoisotopic (exact) mass is 738 g/mol. The molecule has 3 N–H and O–H groups in total. The SMILES string of the molecule is CCC(Sc1cccc(NC(=O)/C(=C\c2cc(OC)c(OC)c(OC)c2)NC(=O)c2ccccc2)c1)C(=O)Nc1nc(-c2ccc(OC)cc2)cs1. The zero-order valence-electron chi connectivity index (χ0n) is 29.2. The number of carbonyl (C=O) groups is 3. The molecule has 0 saturated carbocycles. The molecule has 0 aliphatic carbocycles. The van der Waals surface area contributed by atoms with E-state index in [2.05, 4.69) is 20.9 Å².